The summed E-state index contributed by atoms with van der Waals surface area (Å²) in [7, 11) is 1.74. The van der Waals surface area contributed by atoms with Crippen molar-refractivity contribution >= 4 is 5.96 Å². The molecule has 27 heavy (non-hydrogen) atoms. The Morgan fingerprint density at radius 2 is 2.04 bits per heavy atom. The van der Waals surface area contributed by atoms with Crippen molar-refractivity contribution < 1.29 is 4.74 Å². The first-order valence-electron chi connectivity index (χ1n) is 9.57. The van der Waals surface area contributed by atoms with Gasteiger partial charge in [-0.15, -0.1) is 0 Å². The van der Waals surface area contributed by atoms with Crippen LogP contribution in [0.3, 0.4) is 0 Å². The average molecular weight is 372 g/mol. The number of hydrogen-bond acceptors (Lipinski definition) is 4. The molecule has 0 amide bonds. The fourth-order valence-electron chi connectivity index (χ4n) is 3.11. The Balaban J connectivity index is 1.34. The predicted octanol–water partition coefficient (Wildman–Crippen LogP) is 1.02. The molecule has 0 radical (unpaired) electrons. The number of nitrogens with one attached hydrogen (secondary N) is 2. The number of para-hydroxylation sites is 1. The molecule has 0 saturated carbocycles. The number of nitrogens with zero attached hydrogens (tertiary/aromatic N) is 4. The van der Waals surface area contributed by atoms with E-state index in [0.29, 0.717) is 26.2 Å². The average Bonchev–Trinajstić information content (AvgIpc) is 3.03. The molecule has 1 aromatic heterocycles. The highest BCUT2D eigenvalue weighted by molar-refractivity contribution is 5.79. The lowest BCUT2D eigenvalue weighted by Crippen LogP contribution is -2.40. The van der Waals surface area contributed by atoms with Crippen LogP contribution in [0.15, 0.2) is 40.1 Å². The molecular weight excluding hydrogens is 344 g/mol. The minimum atomic E-state index is 0.0188. The summed E-state index contributed by atoms with van der Waals surface area (Å²) in [4.78, 5) is 16.5. The third-order valence-electron chi connectivity index (χ3n) is 4.50. The smallest absolute Gasteiger partial charge is 0.345 e. The summed E-state index contributed by atoms with van der Waals surface area (Å²) in [5.74, 6) is 2.51. The summed E-state index contributed by atoms with van der Waals surface area (Å²) in [5, 5.41) is 10.9. The van der Waals surface area contributed by atoms with Crippen molar-refractivity contribution in [1.82, 2.24) is 25.0 Å². The minimum absolute atomic E-state index is 0.0188. The van der Waals surface area contributed by atoms with Gasteiger partial charge in [0.25, 0.3) is 0 Å². The molecule has 0 atom stereocenters. The highest BCUT2D eigenvalue weighted by atomic mass is 16.5. The van der Waals surface area contributed by atoms with E-state index in [1.807, 2.05) is 34.9 Å². The number of aromatic nitrogens is 3. The second kappa shape index (κ2) is 9.80. The number of aliphatic imine (C=N–C) groups is 1. The Bertz CT molecular complexity index is 796. The lowest BCUT2D eigenvalue weighted by Gasteiger charge is -2.12. The number of ether oxygens (including phenoxy) is 1. The van der Waals surface area contributed by atoms with Crippen LogP contribution in [0.1, 0.15) is 25.1 Å². The van der Waals surface area contributed by atoms with Crippen molar-refractivity contribution in [1.29, 1.82) is 0 Å². The molecule has 0 spiro atoms. The summed E-state index contributed by atoms with van der Waals surface area (Å²) in [6.07, 6.45) is 3.89. The molecule has 146 valence electrons. The molecule has 1 aromatic carbocycles. The van der Waals surface area contributed by atoms with Crippen molar-refractivity contribution in [3.63, 3.8) is 0 Å². The van der Waals surface area contributed by atoms with Gasteiger partial charge < -0.3 is 15.4 Å². The van der Waals surface area contributed by atoms with E-state index < -0.39 is 0 Å². The summed E-state index contributed by atoms with van der Waals surface area (Å²) >= 11 is 0. The largest absolute Gasteiger partial charge is 0.492 e. The van der Waals surface area contributed by atoms with Crippen molar-refractivity contribution in [2.45, 2.75) is 38.8 Å². The first-order chi connectivity index (χ1) is 13.3. The summed E-state index contributed by atoms with van der Waals surface area (Å²) in [6.45, 7) is 3.34. The quantitative estimate of drug-likeness (QED) is 0.410. The van der Waals surface area contributed by atoms with E-state index in [1.54, 1.807) is 11.7 Å². The van der Waals surface area contributed by atoms with E-state index in [9.17, 15) is 4.79 Å². The topological polar surface area (TPSA) is 85.5 Å². The van der Waals surface area contributed by atoms with Gasteiger partial charge in [-0.3, -0.25) is 9.56 Å². The predicted molar refractivity (Wildman–Crippen MR) is 105 cm³/mol. The van der Waals surface area contributed by atoms with E-state index in [-0.39, 0.29) is 5.69 Å². The van der Waals surface area contributed by atoms with Crippen LogP contribution in [0.2, 0.25) is 0 Å². The van der Waals surface area contributed by atoms with E-state index in [4.69, 9.17) is 4.74 Å². The van der Waals surface area contributed by atoms with Crippen molar-refractivity contribution in [2.75, 3.05) is 26.7 Å². The third-order valence-corrected chi connectivity index (χ3v) is 4.50. The molecule has 2 N–H and O–H groups in total. The van der Waals surface area contributed by atoms with Crippen molar-refractivity contribution in [3.05, 3.63) is 46.6 Å². The fourth-order valence-corrected chi connectivity index (χ4v) is 3.11. The van der Waals surface area contributed by atoms with E-state index in [1.165, 1.54) is 0 Å². The molecular formula is C19H28N6O2. The maximum atomic E-state index is 12.3. The molecule has 2 heterocycles. The molecule has 0 aliphatic carbocycles. The Hall–Kier alpha value is -2.77. The van der Waals surface area contributed by atoms with Crippen LogP contribution >= 0.6 is 0 Å². The molecule has 1 aliphatic rings. The number of rotatable bonds is 8. The first kappa shape index (κ1) is 19.0. The first-order valence-corrected chi connectivity index (χ1v) is 9.57. The van der Waals surface area contributed by atoms with Crippen molar-refractivity contribution in [3.8, 4) is 5.75 Å². The van der Waals surface area contributed by atoms with Crippen LogP contribution in [0.25, 0.3) is 0 Å². The van der Waals surface area contributed by atoms with Crippen molar-refractivity contribution in [2.24, 2.45) is 4.99 Å². The third kappa shape index (κ3) is 5.35. The summed E-state index contributed by atoms with van der Waals surface area (Å²) in [5.41, 5.74) is 0.0188. The maximum Gasteiger partial charge on any atom is 0.345 e. The van der Waals surface area contributed by atoms with E-state index in [0.717, 1.165) is 49.8 Å². The van der Waals surface area contributed by atoms with Gasteiger partial charge in [-0.25, -0.2) is 9.48 Å². The Kier molecular flexibility index (Phi) is 6.90. The lowest BCUT2D eigenvalue weighted by atomic mass is 10.2. The van der Waals surface area contributed by atoms with Gasteiger partial charge in [0.15, 0.2) is 5.96 Å². The molecule has 8 nitrogen and oxygen atoms in total. The molecule has 0 fully saturated rings. The van der Waals surface area contributed by atoms with Gasteiger partial charge in [0, 0.05) is 33.1 Å². The van der Waals surface area contributed by atoms with Gasteiger partial charge in [0.1, 0.15) is 18.2 Å². The standard InChI is InChI=1S/C19H28N6O2/c1-20-18(22-12-15-27-16-8-3-2-4-9-16)21-11-7-14-25-19(26)24-13-6-5-10-17(24)23-25/h2-4,8-9H,5-7,10-15H2,1H3,(H2,20,21,22). The Morgan fingerprint density at radius 1 is 1.22 bits per heavy atom. The van der Waals surface area contributed by atoms with Gasteiger partial charge in [0.2, 0.25) is 0 Å². The second-order valence-electron chi connectivity index (χ2n) is 6.47. The normalized spacial score (nSPS) is 13.9. The van der Waals surface area contributed by atoms with Crippen LogP contribution in [-0.4, -0.2) is 47.1 Å². The molecule has 3 rings (SSSR count). The number of guanidine groups is 1. The van der Waals surface area contributed by atoms with Crippen LogP contribution in [0.4, 0.5) is 0 Å². The van der Waals surface area contributed by atoms with Gasteiger partial charge >= 0.3 is 5.69 Å². The zero-order valence-corrected chi connectivity index (χ0v) is 15.9. The maximum absolute atomic E-state index is 12.3. The highest BCUT2D eigenvalue weighted by Gasteiger charge is 2.16. The molecule has 1 aliphatic heterocycles. The number of fused-ring (bicyclic) bond motifs is 1. The summed E-state index contributed by atoms with van der Waals surface area (Å²) < 4.78 is 9.04. The summed E-state index contributed by atoms with van der Waals surface area (Å²) in [6, 6.07) is 9.73. The van der Waals surface area contributed by atoms with Crippen LogP contribution in [0.5, 0.6) is 5.75 Å². The van der Waals surface area contributed by atoms with Crippen LogP contribution in [-0.2, 0) is 19.5 Å². The van der Waals surface area contributed by atoms with Gasteiger partial charge in [-0.2, -0.15) is 5.10 Å². The highest BCUT2D eigenvalue weighted by Crippen LogP contribution is 2.09. The van der Waals surface area contributed by atoms with Crippen LogP contribution < -0.4 is 21.1 Å². The van der Waals surface area contributed by atoms with Gasteiger partial charge in [0.05, 0.1) is 6.54 Å². The molecule has 0 saturated heterocycles. The van der Waals surface area contributed by atoms with Gasteiger partial charge in [-0.05, 0) is 31.4 Å². The number of hydrogen-bond donors (Lipinski definition) is 2. The fraction of sp³-hybridized carbons (Fsp3) is 0.526. The minimum Gasteiger partial charge on any atom is -0.492 e. The molecule has 0 bridgehead atoms. The van der Waals surface area contributed by atoms with E-state index >= 15 is 0 Å². The zero-order valence-electron chi connectivity index (χ0n) is 15.9. The SMILES string of the molecule is CN=C(NCCCn1nc2n(c1=O)CCCC2)NCCOc1ccccc1. The van der Waals surface area contributed by atoms with Gasteiger partial charge in [-0.1, -0.05) is 18.2 Å². The van der Waals surface area contributed by atoms with E-state index in [2.05, 4.69) is 20.7 Å². The molecule has 2 aromatic rings. The van der Waals surface area contributed by atoms with Crippen LogP contribution in [0, 0.1) is 0 Å². The monoisotopic (exact) mass is 372 g/mol. The Morgan fingerprint density at radius 3 is 2.81 bits per heavy atom. The zero-order chi connectivity index (χ0) is 18.9. The number of benzene rings is 1. The number of aryl methyl sites for hydroxylation is 2. The second-order valence-corrected chi connectivity index (χ2v) is 6.47. The Labute approximate surface area is 159 Å². The molecule has 0 unspecified atom stereocenters. The molecule has 8 heteroatoms. The lowest BCUT2D eigenvalue weighted by molar-refractivity contribution is 0.322.